The number of rotatable bonds is 7. The van der Waals surface area contributed by atoms with Crippen LogP contribution in [0, 0.1) is 0 Å². The van der Waals surface area contributed by atoms with E-state index in [1.807, 2.05) is 49.1 Å². The van der Waals surface area contributed by atoms with Crippen LogP contribution < -0.4 is 5.32 Å². The molecule has 1 aromatic heterocycles. The summed E-state index contributed by atoms with van der Waals surface area (Å²) in [6, 6.07) is 11.8. The molecule has 2 aromatic rings. The number of carbonyl (C=O) groups is 1. The van der Waals surface area contributed by atoms with Gasteiger partial charge in [0.2, 0.25) is 0 Å². The van der Waals surface area contributed by atoms with Gasteiger partial charge < -0.3 is 10.2 Å². The van der Waals surface area contributed by atoms with Crippen molar-refractivity contribution in [3.05, 3.63) is 54.0 Å². The third-order valence-corrected chi connectivity index (χ3v) is 3.52. The molecule has 1 aromatic carbocycles. The molecule has 0 atom stereocenters. The van der Waals surface area contributed by atoms with Gasteiger partial charge in [0.1, 0.15) is 17.8 Å². The second-order valence-electron chi connectivity index (χ2n) is 5.73. The lowest BCUT2D eigenvalue weighted by Gasteiger charge is -2.26. The van der Waals surface area contributed by atoms with E-state index in [2.05, 4.69) is 22.2 Å². The minimum absolute atomic E-state index is 0.0780. The summed E-state index contributed by atoms with van der Waals surface area (Å²) in [6.45, 7) is 7.50. The molecule has 1 amide bonds. The molecule has 5 heteroatoms. The van der Waals surface area contributed by atoms with Crippen LogP contribution in [0.1, 0.15) is 43.2 Å². The van der Waals surface area contributed by atoms with Crippen LogP contribution in [-0.4, -0.2) is 33.4 Å². The number of nitrogens with zero attached hydrogens (tertiary/aromatic N) is 3. The van der Waals surface area contributed by atoms with Gasteiger partial charge in [-0.05, 0) is 25.8 Å². The predicted octanol–water partition coefficient (Wildman–Crippen LogP) is 3.35. The number of carbonyl (C=O) groups excluding carboxylic acids is 1. The summed E-state index contributed by atoms with van der Waals surface area (Å²) >= 11 is 0. The average molecular weight is 312 g/mol. The monoisotopic (exact) mass is 312 g/mol. The molecule has 23 heavy (non-hydrogen) atoms. The van der Waals surface area contributed by atoms with Crippen molar-refractivity contribution in [1.29, 1.82) is 0 Å². The molecule has 0 aliphatic heterocycles. The lowest BCUT2D eigenvalue weighted by molar-refractivity contribution is 0.0684. The zero-order valence-electron chi connectivity index (χ0n) is 14.0. The Balaban J connectivity index is 2.17. The first-order chi connectivity index (χ1) is 11.1. The van der Waals surface area contributed by atoms with Gasteiger partial charge in [0.25, 0.3) is 5.91 Å². The molecular formula is C18H24N4O. The first kappa shape index (κ1) is 16.9. The van der Waals surface area contributed by atoms with Gasteiger partial charge in [0, 0.05) is 25.2 Å². The Kier molecular flexibility index (Phi) is 6.09. The van der Waals surface area contributed by atoms with Gasteiger partial charge in [-0.2, -0.15) is 0 Å². The summed E-state index contributed by atoms with van der Waals surface area (Å²) in [6.07, 6.45) is 2.44. The minimum atomic E-state index is -0.0780. The van der Waals surface area contributed by atoms with Crippen molar-refractivity contribution in [1.82, 2.24) is 14.9 Å². The van der Waals surface area contributed by atoms with Gasteiger partial charge >= 0.3 is 0 Å². The van der Waals surface area contributed by atoms with Crippen LogP contribution in [-0.2, 0) is 6.54 Å². The summed E-state index contributed by atoms with van der Waals surface area (Å²) < 4.78 is 0. The number of anilines is 1. The highest BCUT2D eigenvalue weighted by atomic mass is 16.2. The first-order valence-electron chi connectivity index (χ1n) is 8.02. The SMILES string of the molecule is CCCNc1cc(C(=O)N(Cc2ccccc2)C(C)C)ncn1. The molecule has 0 aliphatic rings. The van der Waals surface area contributed by atoms with E-state index in [9.17, 15) is 4.79 Å². The zero-order valence-corrected chi connectivity index (χ0v) is 14.0. The van der Waals surface area contributed by atoms with Gasteiger partial charge in [-0.15, -0.1) is 0 Å². The van der Waals surface area contributed by atoms with Crippen LogP contribution in [0.5, 0.6) is 0 Å². The van der Waals surface area contributed by atoms with Gasteiger partial charge in [-0.1, -0.05) is 37.3 Å². The Bertz CT molecular complexity index is 628. The van der Waals surface area contributed by atoms with Crippen molar-refractivity contribution in [2.45, 2.75) is 39.8 Å². The smallest absolute Gasteiger partial charge is 0.273 e. The van der Waals surface area contributed by atoms with Crippen molar-refractivity contribution in [3.8, 4) is 0 Å². The van der Waals surface area contributed by atoms with E-state index < -0.39 is 0 Å². The van der Waals surface area contributed by atoms with Crippen molar-refractivity contribution < 1.29 is 4.79 Å². The van der Waals surface area contributed by atoms with Crippen LogP contribution in [0.15, 0.2) is 42.7 Å². The molecule has 1 N–H and O–H groups in total. The molecule has 0 spiro atoms. The first-order valence-corrected chi connectivity index (χ1v) is 8.02. The summed E-state index contributed by atoms with van der Waals surface area (Å²) in [4.78, 5) is 22.9. The highest BCUT2D eigenvalue weighted by molar-refractivity contribution is 5.93. The summed E-state index contributed by atoms with van der Waals surface area (Å²) in [5, 5.41) is 3.19. The van der Waals surface area contributed by atoms with Gasteiger partial charge in [-0.3, -0.25) is 4.79 Å². The maximum Gasteiger partial charge on any atom is 0.273 e. The minimum Gasteiger partial charge on any atom is -0.370 e. The normalized spacial score (nSPS) is 10.6. The van der Waals surface area contributed by atoms with E-state index in [1.54, 1.807) is 6.07 Å². The van der Waals surface area contributed by atoms with Crippen LogP contribution in [0.25, 0.3) is 0 Å². The fourth-order valence-electron chi connectivity index (χ4n) is 2.24. The molecule has 5 nitrogen and oxygen atoms in total. The van der Waals surface area contributed by atoms with E-state index in [0.717, 1.165) is 18.5 Å². The van der Waals surface area contributed by atoms with Crippen LogP contribution in [0.4, 0.5) is 5.82 Å². The van der Waals surface area contributed by atoms with E-state index in [4.69, 9.17) is 0 Å². The molecule has 2 rings (SSSR count). The molecule has 0 unspecified atom stereocenters. The molecule has 0 saturated heterocycles. The van der Waals surface area contributed by atoms with Crippen LogP contribution in [0.3, 0.4) is 0 Å². The molecule has 0 aliphatic carbocycles. The van der Waals surface area contributed by atoms with E-state index >= 15 is 0 Å². The average Bonchev–Trinajstić information content (AvgIpc) is 2.58. The maximum atomic E-state index is 12.8. The van der Waals surface area contributed by atoms with Crippen molar-refractivity contribution in [2.24, 2.45) is 0 Å². The molecule has 0 fully saturated rings. The molecule has 1 heterocycles. The quantitative estimate of drug-likeness (QED) is 0.852. The van der Waals surface area contributed by atoms with E-state index in [0.29, 0.717) is 18.1 Å². The third kappa shape index (κ3) is 4.77. The predicted molar refractivity (Wildman–Crippen MR) is 92.3 cm³/mol. The highest BCUT2D eigenvalue weighted by Crippen LogP contribution is 2.13. The highest BCUT2D eigenvalue weighted by Gasteiger charge is 2.20. The molecule has 0 saturated carbocycles. The Morgan fingerprint density at radius 3 is 2.61 bits per heavy atom. The standard InChI is InChI=1S/C18H24N4O/c1-4-10-19-17-11-16(20-13-21-17)18(23)22(14(2)3)12-15-8-6-5-7-9-15/h5-9,11,13-14H,4,10,12H2,1-3H3,(H,19,20,21). The molecule has 0 bridgehead atoms. The van der Waals surface area contributed by atoms with Gasteiger partial charge in [0.15, 0.2) is 0 Å². The topological polar surface area (TPSA) is 58.1 Å². The second kappa shape index (κ2) is 8.27. The molecular weight excluding hydrogens is 288 g/mol. The number of hydrogen-bond acceptors (Lipinski definition) is 4. The lowest BCUT2D eigenvalue weighted by atomic mass is 10.1. The van der Waals surface area contributed by atoms with Crippen LogP contribution in [0.2, 0.25) is 0 Å². The fourth-order valence-corrected chi connectivity index (χ4v) is 2.24. The van der Waals surface area contributed by atoms with Gasteiger partial charge in [-0.25, -0.2) is 9.97 Å². The van der Waals surface area contributed by atoms with E-state index in [1.165, 1.54) is 6.33 Å². The Hall–Kier alpha value is -2.43. The van der Waals surface area contributed by atoms with Crippen LogP contribution >= 0.6 is 0 Å². The fraction of sp³-hybridized carbons (Fsp3) is 0.389. The number of aromatic nitrogens is 2. The van der Waals surface area contributed by atoms with Crippen molar-refractivity contribution in [3.63, 3.8) is 0 Å². The Morgan fingerprint density at radius 1 is 1.22 bits per heavy atom. The zero-order chi connectivity index (χ0) is 16.7. The van der Waals surface area contributed by atoms with Crippen molar-refractivity contribution in [2.75, 3.05) is 11.9 Å². The summed E-state index contributed by atoms with van der Waals surface area (Å²) in [5.74, 6) is 0.611. The number of benzene rings is 1. The summed E-state index contributed by atoms with van der Waals surface area (Å²) in [5.41, 5.74) is 1.52. The third-order valence-electron chi connectivity index (χ3n) is 3.52. The second-order valence-corrected chi connectivity index (χ2v) is 5.73. The van der Waals surface area contributed by atoms with E-state index in [-0.39, 0.29) is 11.9 Å². The van der Waals surface area contributed by atoms with Gasteiger partial charge in [0.05, 0.1) is 0 Å². The molecule has 122 valence electrons. The Morgan fingerprint density at radius 2 is 1.96 bits per heavy atom. The summed E-state index contributed by atoms with van der Waals surface area (Å²) in [7, 11) is 0. The largest absolute Gasteiger partial charge is 0.370 e. The van der Waals surface area contributed by atoms with Crippen molar-refractivity contribution >= 4 is 11.7 Å². The number of nitrogens with one attached hydrogen (secondary N) is 1. The number of hydrogen-bond donors (Lipinski definition) is 1. The number of amides is 1. The lowest BCUT2D eigenvalue weighted by Crippen LogP contribution is -2.37. The Labute approximate surface area is 137 Å². The molecule has 0 radical (unpaired) electrons. The maximum absolute atomic E-state index is 12.8.